The summed E-state index contributed by atoms with van der Waals surface area (Å²) in [6, 6.07) is 0. The van der Waals surface area contributed by atoms with Gasteiger partial charge in [-0.25, -0.2) is 0 Å². The molecule has 14 heavy (non-hydrogen) atoms. The molecule has 0 amide bonds. The Labute approximate surface area is 96.8 Å². The van der Waals surface area contributed by atoms with Gasteiger partial charge in [-0.3, -0.25) is 4.90 Å². The highest BCUT2D eigenvalue weighted by atomic mass is 79.9. The molecular formula is C9H14BrN3S. The molecule has 2 rings (SSSR count). The molecular weight excluding hydrogens is 262 g/mol. The van der Waals surface area contributed by atoms with E-state index in [1.54, 1.807) is 0 Å². The Bertz CT molecular complexity index is 257. The Kier molecular flexibility index (Phi) is 3.89. The van der Waals surface area contributed by atoms with Gasteiger partial charge in [0.2, 0.25) is 0 Å². The van der Waals surface area contributed by atoms with Crippen molar-refractivity contribution in [1.29, 1.82) is 0 Å². The van der Waals surface area contributed by atoms with E-state index in [-0.39, 0.29) is 0 Å². The summed E-state index contributed by atoms with van der Waals surface area (Å²) in [6.45, 7) is 3.38. The Morgan fingerprint density at radius 3 is 2.86 bits per heavy atom. The first-order valence-corrected chi connectivity index (χ1v) is 6.88. The van der Waals surface area contributed by atoms with Crippen LogP contribution in [0.4, 0.5) is 0 Å². The average molecular weight is 276 g/mol. The van der Waals surface area contributed by atoms with E-state index in [4.69, 9.17) is 0 Å². The second kappa shape index (κ2) is 5.19. The van der Waals surface area contributed by atoms with Crippen molar-refractivity contribution in [2.45, 2.75) is 19.4 Å². The van der Waals surface area contributed by atoms with Crippen LogP contribution in [0.1, 0.15) is 18.5 Å². The van der Waals surface area contributed by atoms with Crippen LogP contribution in [0.15, 0.2) is 5.38 Å². The van der Waals surface area contributed by atoms with E-state index >= 15 is 0 Å². The molecule has 1 fully saturated rings. The van der Waals surface area contributed by atoms with Crippen LogP contribution in [0.25, 0.3) is 0 Å². The minimum absolute atomic E-state index is 0.875. The van der Waals surface area contributed by atoms with Gasteiger partial charge in [-0.2, -0.15) is 0 Å². The van der Waals surface area contributed by atoms with E-state index in [0.717, 1.165) is 23.5 Å². The Hall–Kier alpha value is 0. The molecule has 0 spiro atoms. The predicted molar refractivity (Wildman–Crippen MR) is 61.7 cm³/mol. The minimum atomic E-state index is 0.875. The summed E-state index contributed by atoms with van der Waals surface area (Å²) in [5.41, 5.74) is 1.12. The van der Waals surface area contributed by atoms with Crippen LogP contribution in [0, 0.1) is 5.92 Å². The molecule has 1 aromatic heterocycles. The summed E-state index contributed by atoms with van der Waals surface area (Å²) in [7, 11) is 0. The monoisotopic (exact) mass is 275 g/mol. The van der Waals surface area contributed by atoms with Gasteiger partial charge in [0.05, 0.1) is 5.69 Å². The van der Waals surface area contributed by atoms with Crippen molar-refractivity contribution in [3.8, 4) is 0 Å². The summed E-state index contributed by atoms with van der Waals surface area (Å²) in [4.78, 5) is 2.47. The normalized spacial score (nSPS) is 20.1. The van der Waals surface area contributed by atoms with Gasteiger partial charge in [0.1, 0.15) is 0 Å². The number of aromatic nitrogens is 2. The third kappa shape index (κ3) is 2.74. The molecule has 1 aliphatic heterocycles. The molecule has 1 aliphatic rings. The van der Waals surface area contributed by atoms with Crippen molar-refractivity contribution < 1.29 is 0 Å². The fraction of sp³-hybridized carbons (Fsp3) is 0.778. The third-order valence-corrected chi connectivity index (χ3v) is 4.19. The van der Waals surface area contributed by atoms with Gasteiger partial charge in [-0.1, -0.05) is 20.4 Å². The smallest absolute Gasteiger partial charge is 0.0895 e. The summed E-state index contributed by atoms with van der Waals surface area (Å²) < 4.78 is 3.88. The molecule has 78 valence electrons. The van der Waals surface area contributed by atoms with Crippen LogP contribution in [0.3, 0.4) is 0 Å². The molecule has 2 heterocycles. The van der Waals surface area contributed by atoms with E-state index in [2.05, 4.69) is 30.4 Å². The number of nitrogens with zero attached hydrogens (tertiary/aromatic N) is 3. The molecule has 0 aromatic carbocycles. The van der Waals surface area contributed by atoms with Crippen LogP contribution >= 0.6 is 27.5 Å². The molecule has 0 N–H and O–H groups in total. The van der Waals surface area contributed by atoms with E-state index in [1.165, 1.54) is 37.5 Å². The quantitative estimate of drug-likeness (QED) is 0.792. The van der Waals surface area contributed by atoms with Crippen molar-refractivity contribution in [3.05, 3.63) is 11.1 Å². The van der Waals surface area contributed by atoms with Gasteiger partial charge in [0.25, 0.3) is 0 Å². The molecule has 0 atom stereocenters. The lowest BCUT2D eigenvalue weighted by Crippen LogP contribution is -2.33. The van der Waals surface area contributed by atoms with Crippen LogP contribution in [-0.2, 0) is 6.54 Å². The SMILES string of the molecule is BrCC1CCN(Cc2csnn2)CC1. The van der Waals surface area contributed by atoms with Crippen molar-refractivity contribution in [2.24, 2.45) is 5.92 Å². The fourth-order valence-electron chi connectivity index (χ4n) is 1.78. The zero-order valence-corrected chi connectivity index (χ0v) is 10.4. The molecule has 1 saturated heterocycles. The largest absolute Gasteiger partial charge is 0.297 e. The highest BCUT2D eigenvalue weighted by Gasteiger charge is 2.18. The van der Waals surface area contributed by atoms with Crippen LogP contribution in [-0.4, -0.2) is 32.9 Å². The predicted octanol–water partition coefficient (Wildman–Crippen LogP) is 2.15. The maximum absolute atomic E-state index is 4.07. The van der Waals surface area contributed by atoms with Crippen LogP contribution in [0.5, 0.6) is 0 Å². The van der Waals surface area contributed by atoms with Crippen molar-refractivity contribution >= 4 is 27.5 Å². The zero-order chi connectivity index (χ0) is 9.80. The first kappa shape index (κ1) is 10.5. The number of hydrogen-bond acceptors (Lipinski definition) is 4. The molecule has 0 radical (unpaired) electrons. The highest BCUT2D eigenvalue weighted by molar-refractivity contribution is 9.09. The van der Waals surface area contributed by atoms with Crippen molar-refractivity contribution in [1.82, 2.24) is 14.5 Å². The summed E-state index contributed by atoms with van der Waals surface area (Å²) in [5.74, 6) is 0.875. The number of hydrogen-bond donors (Lipinski definition) is 0. The Morgan fingerprint density at radius 1 is 1.50 bits per heavy atom. The van der Waals surface area contributed by atoms with E-state index in [0.29, 0.717) is 0 Å². The first-order valence-electron chi connectivity index (χ1n) is 4.92. The van der Waals surface area contributed by atoms with Gasteiger partial charge >= 0.3 is 0 Å². The molecule has 0 aliphatic carbocycles. The maximum atomic E-state index is 4.07. The van der Waals surface area contributed by atoms with E-state index in [1.807, 2.05) is 5.38 Å². The van der Waals surface area contributed by atoms with E-state index in [9.17, 15) is 0 Å². The second-order valence-corrected chi connectivity index (χ2v) is 5.03. The molecule has 0 saturated carbocycles. The summed E-state index contributed by atoms with van der Waals surface area (Å²) in [5, 5.41) is 7.26. The first-order chi connectivity index (χ1) is 6.88. The molecule has 0 unspecified atom stereocenters. The van der Waals surface area contributed by atoms with Crippen molar-refractivity contribution in [3.63, 3.8) is 0 Å². The molecule has 5 heteroatoms. The standard InChI is InChI=1S/C9H14BrN3S/c10-5-8-1-3-13(4-2-8)6-9-7-14-12-11-9/h7-8H,1-6H2. The molecule has 3 nitrogen and oxygen atoms in total. The fourth-order valence-corrected chi connectivity index (χ4v) is 2.87. The third-order valence-electron chi connectivity index (χ3n) is 2.72. The summed E-state index contributed by atoms with van der Waals surface area (Å²) >= 11 is 4.99. The Morgan fingerprint density at radius 2 is 2.29 bits per heavy atom. The second-order valence-electron chi connectivity index (χ2n) is 3.77. The lowest BCUT2D eigenvalue weighted by atomic mass is 9.99. The van der Waals surface area contributed by atoms with Gasteiger partial charge < -0.3 is 0 Å². The van der Waals surface area contributed by atoms with Crippen LogP contribution in [0.2, 0.25) is 0 Å². The number of rotatable bonds is 3. The lowest BCUT2D eigenvalue weighted by molar-refractivity contribution is 0.185. The molecule has 1 aromatic rings. The van der Waals surface area contributed by atoms with Crippen molar-refractivity contribution in [2.75, 3.05) is 18.4 Å². The number of alkyl halides is 1. The maximum Gasteiger partial charge on any atom is 0.0895 e. The van der Waals surface area contributed by atoms with Gasteiger partial charge in [0.15, 0.2) is 0 Å². The van der Waals surface area contributed by atoms with Gasteiger partial charge in [-0.15, -0.1) is 5.10 Å². The Balaban J connectivity index is 1.79. The number of piperidine rings is 1. The minimum Gasteiger partial charge on any atom is -0.297 e. The molecule has 0 bridgehead atoms. The average Bonchev–Trinajstić information content (AvgIpc) is 2.72. The highest BCUT2D eigenvalue weighted by Crippen LogP contribution is 2.20. The van der Waals surface area contributed by atoms with Gasteiger partial charge in [0, 0.05) is 17.3 Å². The van der Waals surface area contributed by atoms with Crippen LogP contribution < -0.4 is 0 Å². The number of likely N-dealkylation sites (tertiary alicyclic amines) is 1. The topological polar surface area (TPSA) is 29.0 Å². The van der Waals surface area contributed by atoms with Gasteiger partial charge in [-0.05, 0) is 43.4 Å². The van der Waals surface area contributed by atoms with E-state index < -0.39 is 0 Å². The summed E-state index contributed by atoms with van der Waals surface area (Å²) in [6.07, 6.45) is 2.62. The lowest BCUT2D eigenvalue weighted by Gasteiger charge is -2.30. The number of halogens is 1. The zero-order valence-electron chi connectivity index (χ0n) is 8.03.